The van der Waals surface area contributed by atoms with Gasteiger partial charge in [0.25, 0.3) is 10.1 Å². The second-order valence-corrected chi connectivity index (χ2v) is 8.39. The number of primary sulfonamides is 1. The van der Waals surface area contributed by atoms with Gasteiger partial charge in [-0.15, -0.1) is 0 Å². The van der Waals surface area contributed by atoms with Crippen LogP contribution in [0.25, 0.3) is 0 Å². The van der Waals surface area contributed by atoms with Crippen molar-refractivity contribution in [1.29, 1.82) is 0 Å². The lowest BCUT2D eigenvalue weighted by Crippen LogP contribution is -2.17. The van der Waals surface area contributed by atoms with Gasteiger partial charge in [0.15, 0.2) is 0 Å². The average molecular weight is 406 g/mol. The third kappa shape index (κ3) is 3.93. The zero-order chi connectivity index (χ0) is 16.5. The molecule has 3 N–H and O–H groups in total. The summed E-state index contributed by atoms with van der Waals surface area (Å²) >= 11 is 3.27. The van der Waals surface area contributed by atoms with Crippen LogP contribution >= 0.6 is 15.9 Å². The van der Waals surface area contributed by atoms with Crippen LogP contribution in [0.1, 0.15) is 11.1 Å². The molecule has 0 atom stereocenters. The van der Waals surface area contributed by atoms with E-state index in [4.69, 9.17) is 5.14 Å². The molecule has 0 aliphatic heterocycles. The van der Waals surface area contributed by atoms with Crippen LogP contribution in [0.2, 0.25) is 0 Å². The second-order valence-electron chi connectivity index (χ2n) is 4.56. The molecular weight excluding hydrogens is 394 g/mol. The topological polar surface area (TPSA) is 115 Å². The Labute approximate surface area is 136 Å². The predicted octanol–water partition coefficient (Wildman–Crippen LogP) is 1.93. The third-order valence-corrected chi connectivity index (χ3v) is 5.43. The standard InChI is InChI=1S/C13H12BrNO5S2/c14-10-6-4-9(5-7-10)8-11-12(21(15,16)17)2-1-3-13(11)22(18,19)20/h1-7H,8H2,(H2,15,16,17)(H,18,19,20). The first kappa shape index (κ1) is 17.1. The van der Waals surface area contributed by atoms with E-state index in [1.807, 2.05) is 0 Å². The zero-order valence-electron chi connectivity index (χ0n) is 11.1. The number of hydrogen-bond donors (Lipinski definition) is 2. The minimum Gasteiger partial charge on any atom is -0.282 e. The van der Waals surface area contributed by atoms with Gasteiger partial charge in [-0.05, 0) is 35.4 Å². The molecule has 0 spiro atoms. The first-order valence-electron chi connectivity index (χ1n) is 5.95. The summed E-state index contributed by atoms with van der Waals surface area (Å²) in [6.45, 7) is 0. The fraction of sp³-hybridized carbons (Fsp3) is 0.0769. The SMILES string of the molecule is NS(=O)(=O)c1cccc(S(=O)(=O)O)c1Cc1ccc(Br)cc1. The molecule has 0 radical (unpaired) electrons. The summed E-state index contributed by atoms with van der Waals surface area (Å²) in [4.78, 5) is -0.799. The molecule has 0 heterocycles. The number of hydrogen-bond acceptors (Lipinski definition) is 4. The van der Waals surface area contributed by atoms with Crippen molar-refractivity contribution in [3.63, 3.8) is 0 Å². The van der Waals surface area contributed by atoms with E-state index in [0.29, 0.717) is 5.56 Å². The van der Waals surface area contributed by atoms with Crippen molar-refractivity contribution in [2.24, 2.45) is 5.14 Å². The Balaban J connectivity index is 2.68. The van der Waals surface area contributed by atoms with Gasteiger partial charge in [-0.1, -0.05) is 34.1 Å². The summed E-state index contributed by atoms with van der Waals surface area (Å²) in [5, 5.41) is 5.14. The predicted molar refractivity (Wildman–Crippen MR) is 84.6 cm³/mol. The quantitative estimate of drug-likeness (QED) is 0.754. The van der Waals surface area contributed by atoms with Gasteiger partial charge in [-0.2, -0.15) is 8.42 Å². The highest BCUT2D eigenvalue weighted by Crippen LogP contribution is 2.26. The first-order chi connectivity index (χ1) is 10.1. The molecule has 22 heavy (non-hydrogen) atoms. The molecule has 2 aromatic rings. The summed E-state index contributed by atoms with van der Waals surface area (Å²) in [6.07, 6.45) is -0.00495. The number of rotatable bonds is 4. The summed E-state index contributed by atoms with van der Waals surface area (Å²) in [6, 6.07) is 10.4. The normalized spacial score (nSPS) is 12.3. The fourth-order valence-electron chi connectivity index (χ4n) is 2.03. The van der Waals surface area contributed by atoms with Gasteiger partial charge in [-0.3, -0.25) is 4.55 Å². The van der Waals surface area contributed by atoms with E-state index in [0.717, 1.165) is 10.5 Å². The fourth-order valence-corrected chi connectivity index (χ4v) is 3.90. The van der Waals surface area contributed by atoms with E-state index >= 15 is 0 Å². The summed E-state index contributed by atoms with van der Waals surface area (Å²) < 4.78 is 56.5. The smallest absolute Gasteiger partial charge is 0.282 e. The van der Waals surface area contributed by atoms with Crippen molar-refractivity contribution in [2.45, 2.75) is 16.2 Å². The average Bonchev–Trinajstić information content (AvgIpc) is 2.39. The Morgan fingerprint density at radius 1 is 0.955 bits per heavy atom. The molecule has 0 unspecified atom stereocenters. The Morgan fingerprint density at radius 3 is 2.00 bits per heavy atom. The number of nitrogens with two attached hydrogens (primary N) is 1. The lowest BCUT2D eigenvalue weighted by atomic mass is 10.1. The summed E-state index contributed by atoms with van der Waals surface area (Å²) in [7, 11) is -8.70. The maximum atomic E-state index is 11.7. The molecule has 2 rings (SSSR count). The largest absolute Gasteiger partial charge is 0.294 e. The Morgan fingerprint density at radius 2 is 1.50 bits per heavy atom. The van der Waals surface area contributed by atoms with Crippen LogP contribution in [0, 0.1) is 0 Å². The van der Waals surface area contributed by atoms with Gasteiger partial charge in [-0.25, -0.2) is 13.6 Å². The van der Waals surface area contributed by atoms with Gasteiger partial charge in [0, 0.05) is 10.9 Å². The van der Waals surface area contributed by atoms with Gasteiger partial charge >= 0.3 is 0 Å². The van der Waals surface area contributed by atoms with E-state index < -0.39 is 25.0 Å². The molecule has 0 aromatic heterocycles. The maximum Gasteiger partial charge on any atom is 0.294 e. The van der Waals surface area contributed by atoms with Gasteiger partial charge in [0.05, 0.1) is 9.79 Å². The molecule has 0 amide bonds. The van der Waals surface area contributed by atoms with Crippen LogP contribution in [0.15, 0.2) is 56.7 Å². The van der Waals surface area contributed by atoms with E-state index in [1.165, 1.54) is 12.1 Å². The molecule has 118 valence electrons. The molecule has 0 saturated carbocycles. The Kier molecular flexibility index (Phi) is 4.73. The summed E-state index contributed by atoms with van der Waals surface area (Å²) in [5.74, 6) is 0. The summed E-state index contributed by atoms with van der Waals surface area (Å²) in [5.41, 5.74) is 0.610. The van der Waals surface area contributed by atoms with Crippen LogP contribution in [0.5, 0.6) is 0 Å². The third-order valence-electron chi connectivity index (χ3n) is 2.97. The van der Waals surface area contributed by atoms with E-state index in [2.05, 4.69) is 15.9 Å². The van der Waals surface area contributed by atoms with Crippen LogP contribution in [-0.4, -0.2) is 21.4 Å². The molecule has 9 heteroatoms. The van der Waals surface area contributed by atoms with Crippen LogP contribution in [0.3, 0.4) is 0 Å². The van der Waals surface area contributed by atoms with E-state index in [1.54, 1.807) is 24.3 Å². The Bertz CT molecular complexity index is 856. The molecule has 0 bridgehead atoms. The zero-order valence-corrected chi connectivity index (χ0v) is 14.3. The van der Waals surface area contributed by atoms with Crippen LogP contribution in [-0.2, 0) is 26.6 Å². The first-order valence-corrected chi connectivity index (χ1v) is 9.73. The minimum absolute atomic E-state index is 0.00495. The van der Waals surface area contributed by atoms with Crippen molar-refractivity contribution in [1.82, 2.24) is 0 Å². The molecule has 0 fully saturated rings. The van der Waals surface area contributed by atoms with Crippen molar-refractivity contribution in [2.75, 3.05) is 0 Å². The minimum atomic E-state index is -4.57. The molecular formula is C13H12BrNO5S2. The van der Waals surface area contributed by atoms with E-state index in [-0.39, 0.29) is 16.9 Å². The highest BCUT2D eigenvalue weighted by molar-refractivity contribution is 9.10. The maximum absolute atomic E-state index is 11.7. The molecule has 0 aliphatic rings. The van der Waals surface area contributed by atoms with Gasteiger partial charge < -0.3 is 0 Å². The van der Waals surface area contributed by atoms with Crippen molar-refractivity contribution in [3.8, 4) is 0 Å². The number of halogens is 1. The molecule has 0 aliphatic carbocycles. The van der Waals surface area contributed by atoms with Crippen molar-refractivity contribution in [3.05, 3.63) is 58.1 Å². The lowest BCUT2D eigenvalue weighted by molar-refractivity contribution is 0.482. The Hall–Kier alpha value is -1.26. The van der Waals surface area contributed by atoms with Crippen molar-refractivity contribution >= 4 is 36.1 Å². The molecule has 2 aromatic carbocycles. The molecule has 6 nitrogen and oxygen atoms in total. The lowest BCUT2D eigenvalue weighted by Gasteiger charge is -2.12. The molecule has 0 saturated heterocycles. The second kappa shape index (κ2) is 6.09. The van der Waals surface area contributed by atoms with Crippen molar-refractivity contribution < 1.29 is 21.4 Å². The van der Waals surface area contributed by atoms with Gasteiger partial charge in [0.1, 0.15) is 0 Å². The van der Waals surface area contributed by atoms with Crippen LogP contribution < -0.4 is 5.14 Å². The monoisotopic (exact) mass is 405 g/mol. The highest BCUT2D eigenvalue weighted by atomic mass is 79.9. The highest BCUT2D eigenvalue weighted by Gasteiger charge is 2.23. The van der Waals surface area contributed by atoms with Gasteiger partial charge in [0.2, 0.25) is 10.0 Å². The number of sulfonamides is 1. The van der Waals surface area contributed by atoms with E-state index in [9.17, 15) is 21.4 Å². The number of benzene rings is 2. The van der Waals surface area contributed by atoms with Crippen LogP contribution in [0.4, 0.5) is 0 Å².